The molecule has 0 saturated heterocycles. The van der Waals surface area contributed by atoms with Gasteiger partial charge >= 0.3 is 0 Å². The highest BCUT2D eigenvalue weighted by Gasteiger charge is 2.19. The zero-order chi connectivity index (χ0) is 17.9. The minimum absolute atomic E-state index is 0.312. The molecule has 0 spiro atoms. The highest BCUT2D eigenvalue weighted by Crippen LogP contribution is 2.37. The maximum atomic E-state index is 8.96. The van der Waals surface area contributed by atoms with Crippen LogP contribution in [0.15, 0.2) is 42.1 Å². The Balaban J connectivity index is 1.43. The van der Waals surface area contributed by atoms with Crippen LogP contribution in [0.2, 0.25) is 0 Å². The molecular weight excluding hydrogens is 328 g/mol. The lowest BCUT2D eigenvalue weighted by atomic mass is 9.95. The van der Waals surface area contributed by atoms with Gasteiger partial charge in [-0.1, -0.05) is 25.0 Å². The molecule has 0 radical (unpaired) electrons. The van der Waals surface area contributed by atoms with Gasteiger partial charge < -0.3 is 15.2 Å². The molecule has 136 valence electrons. The summed E-state index contributed by atoms with van der Waals surface area (Å²) in [5.41, 5.74) is 13.2. The predicted octanol–water partition coefficient (Wildman–Crippen LogP) is 4.22. The second-order valence-electron chi connectivity index (χ2n) is 7.00. The lowest BCUT2D eigenvalue weighted by Crippen LogP contribution is -2.17. The molecule has 5 nitrogen and oxygen atoms in total. The SMILES string of the molecule is Nc1cc(COc2ccc3c(c2)OCC(NO)=C3)ccc1C1CCCC1. The van der Waals surface area contributed by atoms with E-state index in [0.717, 1.165) is 28.3 Å². The summed E-state index contributed by atoms with van der Waals surface area (Å²) in [6, 6.07) is 12.0. The predicted molar refractivity (Wildman–Crippen MR) is 101 cm³/mol. The van der Waals surface area contributed by atoms with E-state index >= 15 is 0 Å². The third-order valence-electron chi connectivity index (χ3n) is 5.19. The number of nitrogens with one attached hydrogen (secondary N) is 1. The van der Waals surface area contributed by atoms with Crippen molar-refractivity contribution in [3.63, 3.8) is 0 Å². The molecule has 4 N–H and O–H groups in total. The average molecular weight is 352 g/mol. The number of hydrogen-bond acceptors (Lipinski definition) is 5. The lowest BCUT2D eigenvalue weighted by Gasteiger charge is -2.18. The van der Waals surface area contributed by atoms with Crippen molar-refractivity contribution in [3.05, 3.63) is 58.8 Å². The Morgan fingerprint density at radius 1 is 1.15 bits per heavy atom. The van der Waals surface area contributed by atoms with Crippen molar-refractivity contribution < 1.29 is 14.7 Å². The van der Waals surface area contributed by atoms with E-state index in [1.807, 2.05) is 30.3 Å². The Hall–Kier alpha value is -2.66. The number of anilines is 1. The van der Waals surface area contributed by atoms with Crippen molar-refractivity contribution in [2.45, 2.75) is 38.2 Å². The molecule has 5 heteroatoms. The number of benzene rings is 2. The van der Waals surface area contributed by atoms with Gasteiger partial charge in [-0.05, 0) is 54.2 Å². The van der Waals surface area contributed by atoms with E-state index in [9.17, 15) is 0 Å². The van der Waals surface area contributed by atoms with E-state index in [1.54, 1.807) is 0 Å². The summed E-state index contributed by atoms with van der Waals surface area (Å²) in [5, 5.41) is 8.96. The smallest absolute Gasteiger partial charge is 0.130 e. The molecule has 0 atom stereocenters. The number of nitrogen functional groups attached to an aromatic ring is 1. The van der Waals surface area contributed by atoms with Crippen molar-refractivity contribution in [1.29, 1.82) is 0 Å². The maximum absolute atomic E-state index is 8.96. The molecule has 2 aromatic carbocycles. The number of hydrogen-bond donors (Lipinski definition) is 3. The number of ether oxygens (including phenoxy) is 2. The first-order valence-electron chi connectivity index (χ1n) is 9.11. The van der Waals surface area contributed by atoms with Crippen LogP contribution in [0.1, 0.15) is 48.3 Å². The van der Waals surface area contributed by atoms with Crippen molar-refractivity contribution in [3.8, 4) is 11.5 Å². The molecule has 0 aromatic heterocycles. The van der Waals surface area contributed by atoms with Gasteiger partial charge in [-0.25, -0.2) is 0 Å². The molecule has 0 amide bonds. The van der Waals surface area contributed by atoms with E-state index in [2.05, 4.69) is 17.6 Å². The van der Waals surface area contributed by atoms with Gasteiger partial charge in [0.15, 0.2) is 0 Å². The third kappa shape index (κ3) is 3.48. The van der Waals surface area contributed by atoms with E-state index in [-0.39, 0.29) is 0 Å². The molecule has 1 fully saturated rings. The molecule has 1 aliphatic heterocycles. The first-order chi connectivity index (χ1) is 12.7. The molecule has 4 rings (SSSR count). The van der Waals surface area contributed by atoms with E-state index < -0.39 is 0 Å². The summed E-state index contributed by atoms with van der Waals surface area (Å²) >= 11 is 0. The molecule has 26 heavy (non-hydrogen) atoms. The van der Waals surface area contributed by atoms with Crippen LogP contribution < -0.4 is 20.7 Å². The molecule has 0 unspecified atom stereocenters. The summed E-state index contributed by atoms with van der Waals surface area (Å²) in [6.45, 7) is 0.777. The summed E-state index contributed by atoms with van der Waals surface area (Å²) < 4.78 is 11.5. The van der Waals surface area contributed by atoms with E-state index in [1.165, 1.54) is 31.2 Å². The fourth-order valence-corrected chi connectivity index (χ4v) is 3.79. The number of nitrogens with two attached hydrogens (primary N) is 1. The second kappa shape index (κ2) is 7.30. The molecule has 0 bridgehead atoms. The third-order valence-corrected chi connectivity index (χ3v) is 5.19. The van der Waals surface area contributed by atoms with E-state index in [4.69, 9.17) is 20.4 Å². The zero-order valence-electron chi connectivity index (χ0n) is 14.7. The monoisotopic (exact) mass is 352 g/mol. The summed E-state index contributed by atoms with van der Waals surface area (Å²) in [6.07, 6.45) is 6.96. The van der Waals surface area contributed by atoms with Gasteiger partial charge in [0.25, 0.3) is 0 Å². The summed E-state index contributed by atoms with van der Waals surface area (Å²) in [4.78, 5) is 0. The van der Waals surface area contributed by atoms with Crippen LogP contribution in [0, 0.1) is 0 Å². The van der Waals surface area contributed by atoms with Crippen LogP contribution in [0.5, 0.6) is 11.5 Å². The first kappa shape index (κ1) is 16.8. The summed E-state index contributed by atoms with van der Waals surface area (Å²) in [5.74, 6) is 2.11. The van der Waals surface area contributed by atoms with Crippen molar-refractivity contribution in [2.24, 2.45) is 0 Å². The Kier molecular flexibility index (Phi) is 4.71. The lowest BCUT2D eigenvalue weighted by molar-refractivity contribution is 0.180. The quantitative estimate of drug-likeness (QED) is 0.555. The number of fused-ring (bicyclic) bond motifs is 1. The number of rotatable bonds is 5. The molecule has 2 aliphatic rings. The van der Waals surface area contributed by atoms with Crippen LogP contribution in [0.4, 0.5) is 5.69 Å². The van der Waals surface area contributed by atoms with Crippen molar-refractivity contribution >= 4 is 11.8 Å². The van der Waals surface area contributed by atoms with Gasteiger partial charge in [-0.15, -0.1) is 0 Å². The highest BCUT2D eigenvalue weighted by atomic mass is 16.5. The largest absolute Gasteiger partial charge is 0.489 e. The van der Waals surface area contributed by atoms with Crippen LogP contribution in [0.3, 0.4) is 0 Å². The first-order valence-corrected chi connectivity index (χ1v) is 9.11. The molecule has 1 aliphatic carbocycles. The van der Waals surface area contributed by atoms with Gasteiger partial charge in [0.1, 0.15) is 24.7 Å². The van der Waals surface area contributed by atoms with E-state index in [0.29, 0.717) is 24.8 Å². The maximum Gasteiger partial charge on any atom is 0.130 e. The van der Waals surface area contributed by atoms with Crippen LogP contribution in [-0.2, 0) is 6.61 Å². The molecule has 1 saturated carbocycles. The zero-order valence-corrected chi connectivity index (χ0v) is 14.7. The second-order valence-corrected chi connectivity index (χ2v) is 7.00. The molecular formula is C21H24N2O3. The van der Waals surface area contributed by atoms with Crippen molar-refractivity contribution in [2.75, 3.05) is 12.3 Å². The topological polar surface area (TPSA) is 76.7 Å². The minimum Gasteiger partial charge on any atom is -0.489 e. The highest BCUT2D eigenvalue weighted by molar-refractivity contribution is 5.63. The standard InChI is InChI=1S/C21H24N2O3/c22-20-9-14(5-8-19(20)15-3-1-2-4-15)12-25-18-7-6-16-10-17(23-24)13-26-21(16)11-18/h5-11,15,23-24H,1-4,12-13,22H2. The Morgan fingerprint density at radius 2 is 2.00 bits per heavy atom. The van der Waals surface area contributed by atoms with Gasteiger partial charge in [-0.3, -0.25) is 10.7 Å². The van der Waals surface area contributed by atoms with Crippen LogP contribution in [-0.4, -0.2) is 11.8 Å². The van der Waals surface area contributed by atoms with Crippen LogP contribution in [0.25, 0.3) is 6.08 Å². The Labute approximate surface area is 153 Å². The Bertz CT molecular complexity index is 826. The van der Waals surface area contributed by atoms with Crippen LogP contribution >= 0.6 is 0 Å². The van der Waals surface area contributed by atoms with Gasteiger partial charge in [0.2, 0.25) is 0 Å². The molecule has 2 aromatic rings. The Morgan fingerprint density at radius 3 is 2.77 bits per heavy atom. The van der Waals surface area contributed by atoms with Crippen molar-refractivity contribution in [1.82, 2.24) is 5.48 Å². The van der Waals surface area contributed by atoms with Gasteiger partial charge in [-0.2, -0.15) is 0 Å². The average Bonchev–Trinajstić information content (AvgIpc) is 3.20. The number of hydroxylamine groups is 1. The van der Waals surface area contributed by atoms with Gasteiger partial charge in [0, 0.05) is 17.3 Å². The fourth-order valence-electron chi connectivity index (χ4n) is 3.79. The normalized spacial score (nSPS) is 16.6. The fraction of sp³-hybridized carbons (Fsp3) is 0.333. The van der Waals surface area contributed by atoms with Gasteiger partial charge in [0.05, 0.1) is 5.70 Å². The summed E-state index contributed by atoms with van der Waals surface area (Å²) in [7, 11) is 0. The minimum atomic E-state index is 0.312. The molecule has 1 heterocycles.